The Kier molecular flexibility index (Phi) is 5.20. The summed E-state index contributed by atoms with van der Waals surface area (Å²) in [6.45, 7) is 7.05. The van der Waals surface area contributed by atoms with Gasteiger partial charge in [0.15, 0.2) is 5.76 Å². The lowest BCUT2D eigenvalue weighted by molar-refractivity contribution is 0.0958. The number of amides is 2. The van der Waals surface area contributed by atoms with Gasteiger partial charge in [-0.1, -0.05) is 39.0 Å². The van der Waals surface area contributed by atoms with Crippen molar-refractivity contribution in [2.75, 3.05) is 16.8 Å². The van der Waals surface area contributed by atoms with E-state index in [-0.39, 0.29) is 17.2 Å². The average Bonchev–Trinajstić information content (AvgIpc) is 3.27. The first kappa shape index (κ1) is 20.0. The summed E-state index contributed by atoms with van der Waals surface area (Å²) in [5, 5.41) is 2.96. The number of carbonyl (C=O) groups is 2. The summed E-state index contributed by atoms with van der Waals surface area (Å²) >= 11 is 0. The van der Waals surface area contributed by atoms with Crippen LogP contribution in [0.25, 0.3) is 0 Å². The minimum absolute atomic E-state index is 0.0392. The largest absolute Gasteiger partial charge is 0.459 e. The fraction of sp³-hybridized carbons (Fsp3) is 0.280. The molecule has 30 heavy (non-hydrogen) atoms. The molecule has 1 aliphatic heterocycles. The Morgan fingerprint density at radius 1 is 1.03 bits per heavy atom. The first-order valence-corrected chi connectivity index (χ1v) is 10.2. The fourth-order valence-corrected chi connectivity index (χ4v) is 3.72. The van der Waals surface area contributed by atoms with Gasteiger partial charge in [-0.05, 0) is 65.8 Å². The molecule has 0 saturated carbocycles. The number of rotatable bonds is 3. The molecule has 0 aliphatic carbocycles. The lowest BCUT2D eigenvalue weighted by Crippen LogP contribution is -2.35. The average molecular weight is 402 g/mol. The fourth-order valence-electron chi connectivity index (χ4n) is 3.72. The smallest absolute Gasteiger partial charge is 0.293 e. The van der Waals surface area contributed by atoms with Crippen LogP contribution in [0.5, 0.6) is 0 Å². The van der Waals surface area contributed by atoms with Gasteiger partial charge in [-0.25, -0.2) is 0 Å². The van der Waals surface area contributed by atoms with Crippen LogP contribution in [0.1, 0.15) is 59.2 Å². The van der Waals surface area contributed by atoms with Gasteiger partial charge in [-0.2, -0.15) is 0 Å². The van der Waals surface area contributed by atoms with E-state index in [4.69, 9.17) is 4.42 Å². The number of fused-ring (bicyclic) bond motifs is 1. The zero-order valence-corrected chi connectivity index (χ0v) is 17.6. The van der Waals surface area contributed by atoms with E-state index in [0.717, 1.165) is 24.1 Å². The summed E-state index contributed by atoms with van der Waals surface area (Å²) in [5.41, 5.74) is 4.40. The van der Waals surface area contributed by atoms with Crippen LogP contribution in [0.2, 0.25) is 0 Å². The molecule has 0 bridgehead atoms. The highest BCUT2D eigenvalue weighted by Crippen LogP contribution is 2.31. The summed E-state index contributed by atoms with van der Waals surface area (Å²) in [6.07, 6.45) is 3.30. The van der Waals surface area contributed by atoms with Crippen LogP contribution in [-0.2, 0) is 11.8 Å². The van der Waals surface area contributed by atoms with E-state index in [9.17, 15) is 9.59 Å². The molecule has 0 atom stereocenters. The quantitative estimate of drug-likeness (QED) is 0.636. The number of aryl methyl sites for hydroxylation is 1. The third-order valence-corrected chi connectivity index (χ3v) is 5.45. The highest BCUT2D eigenvalue weighted by atomic mass is 16.3. The van der Waals surface area contributed by atoms with Crippen LogP contribution >= 0.6 is 0 Å². The van der Waals surface area contributed by atoms with Crippen LogP contribution in [0.15, 0.2) is 65.3 Å². The number of nitrogens with zero attached hydrogens (tertiary/aromatic N) is 1. The van der Waals surface area contributed by atoms with Gasteiger partial charge in [0.2, 0.25) is 0 Å². The number of furan rings is 1. The van der Waals surface area contributed by atoms with Gasteiger partial charge in [0.1, 0.15) is 0 Å². The lowest BCUT2D eigenvalue weighted by atomic mass is 9.87. The van der Waals surface area contributed by atoms with Crippen molar-refractivity contribution in [2.24, 2.45) is 0 Å². The second-order valence-electron chi connectivity index (χ2n) is 8.66. The third-order valence-electron chi connectivity index (χ3n) is 5.45. The minimum atomic E-state index is -0.171. The van der Waals surface area contributed by atoms with Crippen molar-refractivity contribution in [2.45, 2.75) is 39.0 Å². The first-order chi connectivity index (χ1) is 14.3. The number of benzene rings is 2. The molecule has 1 aromatic heterocycles. The van der Waals surface area contributed by atoms with E-state index in [1.54, 1.807) is 17.0 Å². The summed E-state index contributed by atoms with van der Waals surface area (Å²) < 4.78 is 5.29. The van der Waals surface area contributed by atoms with Crippen LogP contribution in [0.4, 0.5) is 11.4 Å². The Labute approximate surface area is 176 Å². The van der Waals surface area contributed by atoms with Crippen molar-refractivity contribution in [3.8, 4) is 0 Å². The van der Waals surface area contributed by atoms with Crippen LogP contribution in [-0.4, -0.2) is 18.4 Å². The predicted molar refractivity (Wildman–Crippen MR) is 118 cm³/mol. The molecule has 0 radical (unpaired) electrons. The number of hydrogen-bond acceptors (Lipinski definition) is 3. The van der Waals surface area contributed by atoms with Gasteiger partial charge in [0, 0.05) is 23.5 Å². The highest BCUT2D eigenvalue weighted by molar-refractivity contribution is 6.07. The summed E-state index contributed by atoms with van der Waals surface area (Å²) in [7, 11) is 0. The van der Waals surface area contributed by atoms with E-state index in [0.29, 0.717) is 23.6 Å². The molecule has 2 aromatic carbocycles. The Morgan fingerprint density at radius 2 is 1.80 bits per heavy atom. The molecule has 4 rings (SSSR count). The molecular weight excluding hydrogens is 376 g/mol. The summed E-state index contributed by atoms with van der Waals surface area (Å²) in [6, 6.07) is 16.8. The molecular formula is C25H26N2O3. The topological polar surface area (TPSA) is 62.6 Å². The first-order valence-electron chi connectivity index (χ1n) is 10.2. The summed E-state index contributed by atoms with van der Waals surface area (Å²) in [4.78, 5) is 27.3. The molecule has 2 heterocycles. The highest BCUT2D eigenvalue weighted by Gasteiger charge is 2.25. The molecule has 1 N–H and O–H groups in total. The van der Waals surface area contributed by atoms with E-state index >= 15 is 0 Å². The summed E-state index contributed by atoms with van der Waals surface area (Å²) in [5.74, 6) is -0.0199. The van der Waals surface area contributed by atoms with Crippen molar-refractivity contribution in [3.05, 3.63) is 83.3 Å². The molecule has 2 amide bonds. The van der Waals surface area contributed by atoms with E-state index in [1.807, 2.05) is 42.5 Å². The van der Waals surface area contributed by atoms with Crippen molar-refractivity contribution >= 4 is 23.2 Å². The lowest BCUT2D eigenvalue weighted by Gasteiger charge is -2.29. The standard InChI is InChI=1S/C25H26N2O3/c1-25(2,3)19-11-8-18(9-12-19)23(28)26-20-13-10-17-6-4-14-27(21(17)16-20)24(29)22-7-5-15-30-22/h5,7-13,15-16H,4,6,14H2,1-3H3,(H,26,28). The maximum atomic E-state index is 12.8. The van der Waals surface area contributed by atoms with Crippen molar-refractivity contribution in [1.82, 2.24) is 0 Å². The predicted octanol–water partition coefficient (Wildman–Crippen LogP) is 5.42. The van der Waals surface area contributed by atoms with E-state index in [2.05, 4.69) is 26.1 Å². The third kappa shape index (κ3) is 4.01. The molecule has 0 fully saturated rings. The van der Waals surface area contributed by atoms with Gasteiger partial charge in [-0.15, -0.1) is 0 Å². The molecule has 5 heteroatoms. The Hall–Kier alpha value is -3.34. The van der Waals surface area contributed by atoms with Gasteiger partial charge >= 0.3 is 0 Å². The Bertz CT molecular complexity index is 1060. The number of anilines is 2. The number of carbonyl (C=O) groups excluding carboxylic acids is 2. The number of hydrogen-bond donors (Lipinski definition) is 1. The SMILES string of the molecule is CC(C)(C)c1ccc(C(=O)Nc2ccc3c(c2)N(C(=O)c2ccco2)CCC3)cc1. The minimum Gasteiger partial charge on any atom is -0.459 e. The van der Waals surface area contributed by atoms with Crippen LogP contribution in [0, 0.1) is 0 Å². The molecule has 0 saturated heterocycles. The maximum absolute atomic E-state index is 12.8. The monoisotopic (exact) mass is 402 g/mol. The second kappa shape index (κ2) is 7.82. The van der Waals surface area contributed by atoms with Gasteiger partial charge < -0.3 is 14.6 Å². The molecule has 5 nitrogen and oxygen atoms in total. The molecule has 0 unspecified atom stereocenters. The second-order valence-corrected chi connectivity index (χ2v) is 8.66. The van der Waals surface area contributed by atoms with Gasteiger partial charge in [-0.3, -0.25) is 9.59 Å². The van der Waals surface area contributed by atoms with Crippen molar-refractivity contribution in [1.29, 1.82) is 0 Å². The van der Waals surface area contributed by atoms with Gasteiger partial charge in [0.25, 0.3) is 11.8 Å². The van der Waals surface area contributed by atoms with Crippen molar-refractivity contribution < 1.29 is 14.0 Å². The van der Waals surface area contributed by atoms with Crippen LogP contribution < -0.4 is 10.2 Å². The van der Waals surface area contributed by atoms with Crippen LogP contribution in [0.3, 0.4) is 0 Å². The normalized spacial score (nSPS) is 13.6. The zero-order valence-electron chi connectivity index (χ0n) is 17.6. The molecule has 1 aliphatic rings. The number of nitrogens with one attached hydrogen (secondary N) is 1. The van der Waals surface area contributed by atoms with E-state index in [1.165, 1.54) is 11.8 Å². The van der Waals surface area contributed by atoms with E-state index < -0.39 is 0 Å². The van der Waals surface area contributed by atoms with Gasteiger partial charge in [0.05, 0.1) is 6.26 Å². The Balaban J connectivity index is 1.55. The maximum Gasteiger partial charge on any atom is 0.293 e. The molecule has 3 aromatic rings. The van der Waals surface area contributed by atoms with Crippen molar-refractivity contribution in [3.63, 3.8) is 0 Å². The molecule has 154 valence electrons. The molecule has 0 spiro atoms. The zero-order chi connectivity index (χ0) is 21.3. The Morgan fingerprint density at radius 3 is 2.47 bits per heavy atom.